The summed E-state index contributed by atoms with van der Waals surface area (Å²) in [5.74, 6) is -0.620. The number of sulfonamides is 1. The molecule has 4 rings (SSSR count). The highest BCUT2D eigenvalue weighted by Gasteiger charge is 2.24. The van der Waals surface area contributed by atoms with E-state index in [2.05, 4.69) is 16.0 Å². The monoisotopic (exact) mass is 513 g/mol. The maximum Gasteiger partial charge on any atom is 0.287 e. The van der Waals surface area contributed by atoms with Crippen LogP contribution in [-0.2, 0) is 19.6 Å². The summed E-state index contributed by atoms with van der Waals surface area (Å²) in [6, 6.07) is 12.2. The number of nitrogens with two attached hydrogens (primary N) is 1. The van der Waals surface area contributed by atoms with E-state index in [-0.39, 0.29) is 41.0 Å². The average molecular weight is 514 g/mol. The van der Waals surface area contributed by atoms with Gasteiger partial charge in [0.25, 0.3) is 5.91 Å². The van der Waals surface area contributed by atoms with E-state index in [0.29, 0.717) is 35.4 Å². The Labute approximate surface area is 208 Å². The lowest BCUT2D eigenvalue weighted by Gasteiger charge is -2.32. The Balaban J connectivity index is 1.31. The Morgan fingerprint density at radius 2 is 1.78 bits per heavy atom. The maximum atomic E-state index is 12.8. The zero-order valence-corrected chi connectivity index (χ0v) is 20.4. The molecule has 190 valence electrons. The largest absolute Gasteiger partial charge is 0.451 e. The van der Waals surface area contributed by atoms with E-state index in [1.165, 1.54) is 31.2 Å². The van der Waals surface area contributed by atoms with Crippen LogP contribution in [-0.4, -0.2) is 56.7 Å². The summed E-state index contributed by atoms with van der Waals surface area (Å²) < 4.78 is 28.4. The highest BCUT2D eigenvalue weighted by atomic mass is 32.2. The highest BCUT2D eigenvalue weighted by molar-refractivity contribution is 7.89. The fraction of sp³-hybridized carbons (Fsp3) is 0.292. The lowest BCUT2D eigenvalue weighted by Crippen LogP contribution is -2.49. The summed E-state index contributed by atoms with van der Waals surface area (Å²) >= 11 is 0. The predicted octanol–water partition coefficient (Wildman–Crippen LogP) is 1.87. The number of primary sulfonamides is 1. The fourth-order valence-electron chi connectivity index (χ4n) is 4.14. The average Bonchev–Trinajstić information content (AvgIpc) is 3.22. The second-order valence-corrected chi connectivity index (χ2v) is 10.3. The van der Waals surface area contributed by atoms with Crippen LogP contribution in [0.2, 0.25) is 0 Å². The van der Waals surface area contributed by atoms with Crippen LogP contribution >= 0.6 is 0 Å². The first-order chi connectivity index (χ1) is 17.1. The molecule has 2 heterocycles. The molecule has 3 amide bonds. The van der Waals surface area contributed by atoms with Gasteiger partial charge in [0, 0.05) is 36.3 Å². The van der Waals surface area contributed by atoms with Gasteiger partial charge < -0.3 is 20.4 Å². The molecule has 1 unspecified atom stereocenters. The van der Waals surface area contributed by atoms with Crippen LogP contribution < -0.4 is 21.1 Å². The third kappa shape index (κ3) is 6.47. The van der Waals surface area contributed by atoms with Crippen LogP contribution in [0.5, 0.6) is 0 Å². The standard InChI is InChI=1S/C24H27N5O6S/c1-15(30)26-18-6-9-21-16(11-18)12-22(35-21)24(32)28-19-3-2-10-29(13-19)14-23(31)27-17-4-7-20(8-5-17)36(25,33)34/h4-9,11-12,19H,2-3,10,13-14H2,1H3,(H,26,30)(H,27,31)(H,28,32)(H2,25,33,34). The molecule has 12 heteroatoms. The minimum absolute atomic E-state index is 0.0345. The summed E-state index contributed by atoms with van der Waals surface area (Å²) in [4.78, 5) is 38.4. The van der Waals surface area contributed by atoms with Crippen LogP contribution in [0.4, 0.5) is 11.4 Å². The van der Waals surface area contributed by atoms with E-state index in [0.717, 1.165) is 12.8 Å². The topological polar surface area (TPSA) is 164 Å². The van der Waals surface area contributed by atoms with Crippen LogP contribution in [0.3, 0.4) is 0 Å². The van der Waals surface area contributed by atoms with Crippen LogP contribution in [0.1, 0.15) is 30.3 Å². The number of hydrogen-bond donors (Lipinski definition) is 4. The number of anilines is 2. The molecule has 1 atom stereocenters. The van der Waals surface area contributed by atoms with Gasteiger partial charge >= 0.3 is 0 Å². The molecule has 0 bridgehead atoms. The Bertz CT molecular complexity index is 1400. The number of carbonyl (C=O) groups excluding carboxylic acids is 3. The second kappa shape index (κ2) is 10.5. The number of fused-ring (bicyclic) bond motifs is 1. The van der Waals surface area contributed by atoms with E-state index in [1.807, 2.05) is 4.90 Å². The van der Waals surface area contributed by atoms with Crippen molar-refractivity contribution in [3.05, 3.63) is 54.3 Å². The smallest absolute Gasteiger partial charge is 0.287 e. The number of piperidine rings is 1. The number of furan rings is 1. The summed E-state index contributed by atoms with van der Waals surface area (Å²) in [5, 5.41) is 14.2. The van der Waals surface area contributed by atoms with E-state index in [4.69, 9.17) is 9.56 Å². The van der Waals surface area contributed by atoms with Crippen molar-refractivity contribution >= 4 is 50.1 Å². The molecule has 1 aliphatic heterocycles. The molecular formula is C24H27N5O6S. The SMILES string of the molecule is CC(=O)Nc1ccc2oc(C(=O)NC3CCCN(CC(=O)Nc4ccc(S(N)(=O)=O)cc4)C3)cc2c1. The number of rotatable bonds is 7. The number of likely N-dealkylation sites (tertiary alicyclic amines) is 1. The van der Waals surface area contributed by atoms with Gasteiger partial charge in [-0.15, -0.1) is 0 Å². The number of nitrogens with one attached hydrogen (secondary N) is 3. The summed E-state index contributed by atoms with van der Waals surface area (Å²) in [7, 11) is -3.80. The molecule has 1 aliphatic rings. The van der Waals surface area contributed by atoms with Crippen molar-refractivity contribution in [3.63, 3.8) is 0 Å². The van der Waals surface area contributed by atoms with Crippen molar-refractivity contribution in [2.45, 2.75) is 30.7 Å². The Morgan fingerprint density at radius 1 is 1.06 bits per heavy atom. The van der Waals surface area contributed by atoms with Gasteiger partial charge in [-0.25, -0.2) is 13.6 Å². The molecular weight excluding hydrogens is 486 g/mol. The molecule has 0 spiro atoms. The normalized spacial score (nSPS) is 16.4. The van der Waals surface area contributed by atoms with Crippen LogP contribution in [0.25, 0.3) is 11.0 Å². The van der Waals surface area contributed by atoms with Gasteiger partial charge in [-0.1, -0.05) is 0 Å². The van der Waals surface area contributed by atoms with Gasteiger partial charge in [0.2, 0.25) is 21.8 Å². The third-order valence-corrected chi connectivity index (χ3v) is 6.66. The van der Waals surface area contributed by atoms with Crippen molar-refractivity contribution < 1.29 is 27.2 Å². The minimum atomic E-state index is -3.80. The van der Waals surface area contributed by atoms with E-state index in [1.54, 1.807) is 24.3 Å². The van der Waals surface area contributed by atoms with Crippen molar-refractivity contribution in [3.8, 4) is 0 Å². The number of nitrogens with zero attached hydrogens (tertiary/aromatic N) is 1. The predicted molar refractivity (Wildman–Crippen MR) is 134 cm³/mol. The molecule has 0 radical (unpaired) electrons. The second-order valence-electron chi connectivity index (χ2n) is 8.71. The van der Waals surface area contributed by atoms with Crippen LogP contribution in [0, 0.1) is 0 Å². The quantitative estimate of drug-likeness (QED) is 0.374. The van der Waals surface area contributed by atoms with Gasteiger partial charge in [0.05, 0.1) is 11.4 Å². The molecule has 5 N–H and O–H groups in total. The molecule has 1 saturated heterocycles. The van der Waals surface area contributed by atoms with Crippen molar-refractivity contribution in [2.24, 2.45) is 5.14 Å². The summed E-state index contributed by atoms with van der Waals surface area (Å²) in [5.41, 5.74) is 1.61. The molecule has 2 aromatic carbocycles. The van der Waals surface area contributed by atoms with E-state index < -0.39 is 10.0 Å². The molecule has 1 aromatic heterocycles. The first-order valence-electron chi connectivity index (χ1n) is 11.3. The zero-order valence-electron chi connectivity index (χ0n) is 19.6. The number of hydrogen-bond acceptors (Lipinski definition) is 7. The highest BCUT2D eigenvalue weighted by Crippen LogP contribution is 2.23. The zero-order chi connectivity index (χ0) is 25.9. The van der Waals surface area contributed by atoms with Gasteiger partial charge in [-0.3, -0.25) is 19.3 Å². The van der Waals surface area contributed by atoms with Gasteiger partial charge in [0.1, 0.15) is 5.58 Å². The Hall–Kier alpha value is -3.74. The first kappa shape index (κ1) is 25.4. The molecule has 0 saturated carbocycles. The number of amides is 3. The Morgan fingerprint density at radius 3 is 2.47 bits per heavy atom. The molecule has 3 aromatic rings. The minimum Gasteiger partial charge on any atom is -0.451 e. The third-order valence-electron chi connectivity index (χ3n) is 5.74. The van der Waals surface area contributed by atoms with Crippen molar-refractivity contribution in [1.29, 1.82) is 0 Å². The fourth-order valence-corrected chi connectivity index (χ4v) is 4.66. The number of carbonyl (C=O) groups is 3. The maximum absolute atomic E-state index is 12.8. The van der Waals surface area contributed by atoms with E-state index in [9.17, 15) is 22.8 Å². The molecule has 11 nitrogen and oxygen atoms in total. The first-order valence-corrected chi connectivity index (χ1v) is 12.9. The summed E-state index contributed by atoms with van der Waals surface area (Å²) in [6.45, 7) is 2.75. The van der Waals surface area contributed by atoms with Crippen molar-refractivity contribution in [2.75, 3.05) is 30.3 Å². The lowest BCUT2D eigenvalue weighted by atomic mass is 10.1. The van der Waals surface area contributed by atoms with Crippen molar-refractivity contribution in [1.82, 2.24) is 10.2 Å². The van der Waals surface area contributed by atoms with Gasteiger partial charge in [-0.05, 0) is 67.9 Å². The van der Waals surface area contributed by atoms with Gasteiger partial charge in [-0.2, -0.15) is 0 Å². The lowest BCUT2D eigenvalue weighted by molar-refractivity contribution is -0.117. The summed E-state index contributed by atoms with van der Waals surface area (Å²) in [6.07, 6.45) is 1.58. The van der Waals surface area contributed by atoms with Crippen LogP contribution in [0.15, 0.2) is 57.8 Å². The Kier molecular flexibility index (Phi) is 7.38. The van der Waals surface area contributed by atoms with E-state index >= 15 is 0 Å². The molecule has 1 fully saturated rings. The van der Waals surface area contributed by atoms with Gasteiger partial charge in [0.15, 0.2) is 5.76 Å². The molecule has 36 heavy (non-hydrogen) atoms. The molecule has 0 aliphatic carbocycles. The number of benzene rings is 2.